The molecule has 0 spiro atoms. The van der Waals surface area contributed by atoms with E-state index in [0.717, 1.165) is 5.56 Å². The first-order valence-corrected chi connectivity index (χ1v) is 9.29. The minimum absolute atomic E-state index is 0.0644. The number of hydrogen-bond acceptors (Lipinski definition) is 5. The van der Waals surface area contributed by atoms with Gasteiger partial charge in [0.15, 0.2) is 6.61 Å². The van der Waals surface area contributed by atoms with Gasteiger partial charge in [0.2, 0.25) is 5.91 Å². The van der Waals surface area contributed by atoms with E-state index in [1.807, 2.05) is 43.3 Å². The van der Waals surface area contributed by atoms with Gasteiger partial charge in [-0.1, -0.05) is 42.5 Å². The maximum Gasteiger partial charge on any atom is 0.311 e. The van der Waals surface area contributed by atoms with Crippen molar-refractivity contribution in [2.45, 2.75) is 19.4 Å². The van der Waals surface area contributed by atoms with E-state index in [4.69, 9.17) is 10.00 Å². The zero-order valence-corrected chi connectivity index (χ0v) is 16.0. The highest BCUT2D eigenvalue weighted by Crippen LogP contribution is 2.29. The lowest BCUT2D eigenvalue weighted by atomic mass is 10.1. The van der Waals surface area contributed by atoms with Gasteiger partial charge in [-0.15, -0.1) is 0 Å². The molecule has 0 radical (unpaired) electrons. The van der Waals surface area contributed by atoms with Crippen LogP contribution in [0.4, 0.5) is 5.69 Å². The molecule has 1 fully saturated rings. The summed E-state index contributed by atoms with van der Waals surface area (Å²) < 4.78 is 5.10. The van der Waals surface area contributed by atoms with Gasteiger partial charge in [0, 0.05) is 13.0 Å². The molecular formula is C22H21N3O4. The Morgan fingerprint density at radius 1 is 1.21 bits per heavy atom. The van der Waals surface area contributed by atoms with E-state index >= 15 is 0 Å². The van der Waals surface area contributed by atoms with Gasteiger partial charge in [-0.05, 0) is 24.6 Å². The number of carbonyl (C=O) groups excluding carboxylic acids is 3. The smallest absolute Gasteiger partial charge is 0.311 e. The van der Waals surface area contributed by atoms with Crippen LogP contribution >= 0.6 is 0 Å². The highest BCUT2D eigenvalue weighted by molar-refractivity contribution is 5.94. The lowest BCUT2D eigenvalue weighted by Crippen LogP contribution is -2.30. The van der Waals surface area contributed by atoms with Crippen molar-refractivity contribution >= 4 is 23.5 Å². The zero-order chi connectivity index (χ0) is 20.8. The van der Waals surface area contributed by atoms with Crippen LogP contribution in [0, 0.1) is 17.2 Å². The topological polar surface area (TPSA) is 99.5 Å². The molecule has 7 heteroatoms. The number of likely N-dealkylation sites (tertiary alicyclic amines) is 1. The van der Waals surface area contributed by atoms with Gasteiger partial charge < -0.3 is 15.0 Å². The third-order valence-corrected chi connectivity index (χ3v) is 4.91. The van der Waals surface area contributed by atoms with Crippen LogP contribution in [-0.2, 0) is 19.1 Å². The second-order valence-electron chi connectivity index (χ2n) is 6.85. The number of esters is 1. The molecule has 2 aromatic carbocycles. The summed E-state index contributed by atoms with van der Waals surface area (Å²) >= 11 is 0. The molecule has 1 N–H and O–H groups in total. The maximum absolute atomic E-state index is 12.4. The summed E-state index contributed by atoms with van der Waals surface area (Å²) in [6.45, 7) is 1.70. The summed E-state index contributed by atoms with van der Waals surface area (Å²) in [7, 11) is 0. The third kappa shape index (κ3) is 4.79. The average molecular weight is 391 g/mol. The number of nitrogens with one attached hydrogen (secondary N) is 1. The SMILES string of the molecule is C[C@H](c1ccccc1)N1C[C@H](C(=O)OCC(=O)Nc2ccccc2C#N)CC1=O. The highest BCUT2D eigenvalue weighted by Gasteiger charge is 2.38. The van der Waals surface area contributed by atoms with Gasteiger partial charge in [-0.2, -0.15) is 5.26 Å². The number of rotatable bonds is 6. The molecule has 0 aliphatic carbocycles. The minimum Gasteiger partial charge on any atom is -0.455 e. The summed E-state index contributed by atoms with van der Waals surface area (Å²) in [5.41, 5.74) is 1.67. The largest absolute Gasteiger partial charge is 0.455 e. The predicted molar refractivity (Wildman–Crippen MR) is 105 cm³/mol. The lowest BCUT2D eigenvalue weighted by Gasteiger charge is -2.25. The number of ether oxygens (including phenoxy) is 1. The van der Waals surface area contributed by atoms with E-state index in [-0.39, 0.29) is 24.9 Å². The summed E-state index contributed by atoms with van der Waals surface area (Å²) in [6.07, 6.45) is 0.0644. The fourth-order valence-corrected chi connectivity index (χ4v) is 3.31. The van der Waals surface area contributed by atoms with Crippen LogP contribution in [0.1, 0.15) is 30.5 Å². The first kappa shape index (κ1) is 20.1. The van der Waals surface area contributed by atoms with Gasteiger partial charge in [0.05, 0.1) is 23.2 Å². The second kappa shape index (κ2) is 9.02. The Balaban J connectivity index is 1.53. The summed E-state index contributed by atoms with van der Waals surface area (Å²) in [5, 5.41) is 11.6. The number of amides is 2. The number of anilines is 1. The Hall–Kier alpha value is -3.66. The molecule has 2 amide bonds. The van der Waals surface area contributed by atoms with Gasteiger partial charge in [-0.25, -0.2) is 0 Å². The Kier molecular flexibility index (Phi) is 6.25. The molecule has 29 heavy (non-hydrogen) atoms. The third-order valence-electron chi connectivity index (χ3n) is 4.91. The lowest BCUT2D eigenvalue weighted by molar-refractivity contribution is -0.151. The molecule has 1 saturated heterocycles. The molecule has 2 aromatic rings. The summed E-state index contributed by atoms with van der Waals surface area (Å²) in [6, 6.07) is 18.0. The van der Waals surface area contributed by atoms with Gasteiger partial charge in [0.25, 0.3) is 5.91 Å². The van der Waals surface area contributed by atoms with E-state index in [2.05, 4.69) is 5.32 Å². The van der Waals surface area contributed by atoms with Crippen molar-refractivity contribution in [2.75, 3.05) is 18.5 Å². The van der Waals surface area contributed by atoms with E-state index in [0.29, 0.717) is 11.3 Å². The molecule has 148 valence electrons. The quantitative estimate of drug-likeness (QED) is 0.763. The minimum atomic E-state index is -0.604. The van der Waals surface area contributed by atoms with Crippen LogP contribution in [0.15, 0.2) is 54.6 Å². The highest BCUT2D eigenvalue weighted by atomic mass is 16.5. The molecule has 0 saturated carbocycles. The number of benzene rings is 2. The fourth-order valence-electron chi connectivity index (χ4n) is 3.31. The summed E-state index contributed by atoms with van der Waals surface area (Å²) in [4.78, 5) is 38.4. The molecule has 7 nitrogen and oxygen atoms in total. The standard InChI is InChI=1S/C22H21N3O4/c1-15(16-7-3-2-4-8-16)25-13-18(11-21(25)27)22(28)29-14-20(26)24-19-10-6-5-9-17(19)12-23/h2-10,15,18H,11,13-14H2,1H3,(H,24,26)/t15-,18-/m1/s1. The van der Waals surface area contributed by atoms with Crippen LogP contribution in [0.5, 0.6) is 0 Å². The molecule has 0 aromatic heterocycles. The van der Waals surface area contributed by atoms with Crippen molar-refractivity contribution < 1.29 is 19.1 Å². The summed E-state index contributed by atoms with van der Waals surface area (Å²) in [5.74, 6) is -1.84. The zero-order valence-electron chi connectivity index (χ0n) is 16.0. The molecule has 3 rings (SSSR count). The Labute approximate surface area is 168 Å². The molecule has 1 aliphatic rings. The molecule has 1 aliphatic heterocycles. The van der Waals surface area contributed by atoms with Gasteiger partial charge in [0.1, 0.15) is 6.07 Å². The van der Waals surface area contributed by atoms with E-state index in [9.17, 15) is 14.4 Å². The van der Waals surface area contributed by atoms with Gasteiger partial charge in [-0.3, -0.25) is 14.4 Å². The van der Waals surface area contributed by atoms with E-state index in [1.54, 1.807) is 29.2 Å². The van der Waals surface area contributed by atoms with Crippen molar-refractivity contribution in [3.63, 3.8) is 0 Å². The first-order chi connectivity index (χ1) is 14.0. The average Bonchev–Trinajstić information content (AvgIpc) is 3.14. The number of carbonyl (C=O) groups is 3. The number of nitriles is 1. The molecule has 0 bridgehead atoms. The van der Waals surface area contributed by atoms with Gasteiger partial charge >= 0.3 is 5.97 Å². The molecule has 2 atom stereocenters. The van der Waals surface area contributed by atoms with Crippen LogP contribution in [0.3, 0.4) is 0 Å². The molecule has 0 unspecified atom stereocenters. The van der Waals surface area contributed by atoms with Crippen LogP contribution in [-0.4, -0.2) is 35.8 Å². The van der Waals surface area contributed by atoms with Crippen molar-refractivity contribution in [2.24, 2.45) is 5.92 Å². The van der Waals surface area contributed by atoms with Crippen molar-refractivity contribution in [1.29, 1.82) is 5.26 Å². The second-order valence-corrected chi connectivity index (χ2v) is 6.85. The van der Waals surface area contributed by atoms with Crippen LogP contribution in [0.2, 0.25) is 0 Å². The normalized spacial score (nSPS) is 16.8. The Bertz CT molecular complexity index is 952. The number of para-hydroxylation sites is 1. The van der Waals surface area contributed by atoms with Crippen molar-refractivity contribution in [1.82, 2.24) is 4.90 Å². The monoisotopic (exact) mass is 391 g/mol. The number of nitrogens with zero attached hydrogens (tertiary/aromatic N) is 2. The Morgan fingerprint density at radius 2 is 1.90 bits per heavy atom. The van der Waals surface area contributed by atoms with Crippen LogP contribution in [0.25, 0.3) is 0 Å². The predicted octanol–water partition coefficient (Wildman–Crippen LogP) is 2.65. The molecule has 1 heterocycles. The first-order valence-electron chi connectivity index (χ1n) is 9.29. The fraction of sp³-hybridized carbons (Fsp3) is 0.273. The number of hydrogen-bond donors (Lipinski definition) is 1. The van der Waals surface area contributed by atoms with E-state index in [1.165, 1.54) is 0 Å². The molecular weight excluding hydrogens is 370 g/mol. The van der Waals surface area contributed by atoms with Crippen molar-refractivity contribution in [3.05, 3.63) is 65.7 Å². The Morgan fingerprint density at radius 3 is 2.62 bits per heavy atom. The maximum atomic E-state index is 12.4. The van der Waals surface area contributed by atoms with Crippen molar-refractivity contribution in [3.8, 4) is 6.07 Å². The van der Waals surface area contributed by atoms with Crippen LogP contribution < -0.4 is 5.32 Å². The van der Waals surface area contributed by atoms with E-state index < -0.39 is 24.4 Å².